The van der Waals surface area contributed by atoms with Crippen molar-refractivity contribution in [3.8, 4) is 0 Å². The van der Waals surface area contributed by atoms with Crippen LogP contribution in [0.2, 0.25) is 0 Å². The molecule has 21 heavy (non-hydrogen) atoms. The molecule has 1 heterocycles. The highest BCUT2D eigenvalue weighted by Gasteiger charge is 2.18. The second-order valence-corrected chi connectivity index (χ2v) is 4.61. The van der Waals surface area contributed by atoms with Crippen molar-refractivity contribution < 1.29 is 13.6 Å². The van der Waals surface area contributed by atoms with Crippen molar-refractivity contribution in [2.75, 3.05) is 18.9 Å². The van der Waals surface area contributed by atoms with Gasteiger partial charge in [-0.2, -0.15) is 5.10 Å². The Kier molecular flexibility index (Phi) is 4.52. The number of nitrogens with zero attached hydrogens (tertiary/aromatic N) is 2. The van der Waals surface area contributed by atoms with Crippen LogP contribution in [0.4, 0.5) is 14.5 Å². The normalized spacial score (nSPS) is 10.5. The predicted octanol–water partition coefficient (Wildman–Crippen LogP) is 2.39. The number of carbonyl (C=O) groups excluding carboxylic acids is 1. The number of anilines is 1. The van der Waals surface area contributed by atoms with Crippen molar-refractivity contribution in [2.45, 2.75) is 13.5 Å². The van der Waals surface area contributed by atoms with Crippen LogP contribution in [0.15, 0.2) is 24.5 Å². The number of amides is 1. The lowest BCUT2D eigenvalue weighted by Gasteiger charge is -2.17. The number of hydrogen-bond donors (Lipinski definition) is 2. The first-order valence-electron chi connectivity index (χ1n) is 6.49. The van der Waals surface area contributed by atoms with E-state index < -0.39 is 17.5 Å². The van der Waals surface area contributed by atoms with Crippen LogP contribution in [0, 0.1) is 11.6 Å². The van der Waals surface area contributed by atoms with E-state index in [2.05, 4.69) is 15.5 Å². The zero-order chi connectivity index (χ0) is 15.4. The molecule has 0 saturated heterocycles. The van der Waals surface area contributed by atoms with E-state index in [1.54, 1.807) is 26.4 Å². The molecule has 1 aromatic heterocycles. The number of halogens is 2. The van der Waals surface area contributed by atoms with Crippen molar-refractivity contribution in [2.24, 2.45) is 0 Å². The number of aromatic amines is 1. The minimum absolute atomic E-state index is 0.0300. The lowest BCUT2D eigenvalue weighted by molar-refractivity contribution is 0.0784. The molecule has 0 aliphatic rings. The first-order valence-corrected chi connectivity index (χ1v) is 6.49. The highest BCUT2D eigenvalue weighted by Crippen LogP contribution is 2.21. The third-order valence-electron chi connectivity index (χ3n) is 2.96. The summed E-state index contributed by atoms with van der Waals surface area (Å²) in [7, 11) is 1.56. The SMILES string of the molecule is CCNc1c(F)cc(C(=O)N(C)Cc2cn[nH]c2)cc1F. The van der Waals surface area contributed by atoms with Crippen LogP contribution in [-0.2, 0) is 6.54 Å². The summed E-state index contributed by atoms with van der Waals surface area (Å²) in [5, 5.41) is 9.00. The maximum Gasteiger partial charge on any atom is 0.254 e. The van der Waals surface area contributed by atoms with E-state index in [4.69, 9.17) is 0 Å². The molecule has 0 unspecified atom stereocenters. The Balaban J connectivity index is 2.19. The fourth-order valence-corrected chi connectivity index (χ4v) is 1.97. The predicted molar refractivity (Wildman–Crippen MR) is 74.9 cm³/mol. The molecule has 0 aliphatic heterocycles. The van der Waals surface area contributed by atoms with Gasteiger partial charge in [0.15, 0.2) is 0 Å². The molecule has 1 aromatic carbocycles. The maximum absolute atomic E-state index is 13.8. The summed E-state index contributed by atoms with van der Waals surface area (Å²) in [6.45, 7) is 2.42. The van der Waals surface area contributed by atoms with Gasteiger partial charge < -0.3 is 10.2 Å². The standard InChI is InChI=1S/C14H16F2N4O/c1-3-17-13-11(15)4-10(5-12(13)16)14(21)20(2)8-9-6-18-19-7-9/h4-7,17H,3,8H2,1-2H3,(H,18,19). The molecule has 0 bridgehead atoms. The summed E-state index contributed by atoms with van der Waals surface area (Å²) in [5.41, 5.74) is 0.556. The van der Waals surface area contributed by atoms with E-state index in [-0.39, 0.29) is 11.3 Å². The van der Waals surface area contributed by atoms with Gasteiger partial charge in [0.2, 0.25) is 0 Å². The van der Waals surface area contributed by atoms with Gasteiger partial charge in [0.1, 0.15) is 17.3 Å². The Morgan fingerprint density at radius 3 is 2.57 bits per heavy atom. The van der Waals surface area contributed by atoms with Gasteiger partial charge in [-0.15, -0.1) is 0 Å². The minimum atomic E-state index is -0.781. The second kappa shape index (κ2) is 6.34. The fourth-order valence-electron chi connectivity index (χ4n) is 1.97. The first kappa shape index (κ1) is 15.0. The van der Waals surface area contributed by atoms with Gasteiger partial charge in [0.05, 0.1) is 6.20 Å². The molecular weight excluding hydrogens is 278 g/mol. The zero-order valence-electron chi connectivity index (χ0n) is 11.8. The van der Waals surface area contributed by atoms with Crippen LogP contribution in [0.25, 0.3) is 0 Å². The summed E-state index contributed by atoms with van der Waals surface area (Å²) in [6.07, 6.45) is 3.23. The van der Waals surface area contributed by atoms with Gasteiger partial charge in [0, 0.05) is 37.5 Å². The molecule has 0 radical (unpaired) electrons. The Labute approximate surface area is 121 Å². The van der Waals surface area contributed by atoms with Crippen molar-refractivity contribution in [3.05, 3.63) is 47.3 Å². The van der Waals surface area contributed by atoms with E-state index in [9.17, 15) is 13.6 Å². The smallest absolute Gasteiger partial charge is 0.254 e. The van der Waals surface area contributed by atoms with Gasteiger partial charge in [-0.25, -0.2) is 8.78 Å². The van der Waals surface area contributed by atoms with Crippen molar-refractivity contribution in [3.63, 3.8) is 0 Å². The van der Waals surface area contributed by atoms with Gasteiger partial charge in [0.25, 0.3) is 5.91 Å². The highest BCUT2D eigenvalue weighted by atomic mass is 19.1. The fraction of sp³-hybridized carbons (Fsp3) is 0.286. The molecule has 5 nitrogen and oxygen atoms in total. The molecule has 0 spiro atoms. The summed E-state index contributed by atoms with van der Waals surface area (Å²) in [6, 6.07) is 2.07. The van der Waals surface area contributed by atoms with E-state index in [0.29, 0.717) is 13.1 Å². The van der Waals surface area contributed by atoms with Crippen LogP contribution in [0.3, 0.4) is 0 Å². The number of H-pyrrole nitrogens is 1. The third kappa shape index (κ3) is 3.36. The van der Waals surface area contributed by atoms with Gasteiger partial charge >= 0.3 is 0 Å². The summed E-state index contributed by atoms with van der Waals surface area (Å²) >= 11 is 0. The average Bonchev–Trinajstić information content (AvgIpc) is 2.94. The maximum atomic E-state index is 13.8. The molecule has 0 saturated carbocycles. The monoisotopic (exact) mass is 294 g/mol. The van der Waals surface area contributed by atoms with E-state index in [1.165, 1.54) is 4.90 Å². The van der Waals surface area contributed by atoms with Crippen LogP contribution >= 0.6 is 0 Å². The Morgan fingerprint density at radius 1 is 1.38 bits per heavy atom. The largest absolute Gasteiger partial charge is 0.381 e. The van der Waals surface area contributed by atoms with Gasteiger partial charge in [-0.1, -0.05) is 0 Å². The molecule has 0 atom stereocenters. The molecule has 0 aliphatic carbocycles. The molecule has 2 N–H and O–H groups in total. The summed E-state index contributed by atoms with van der Waals surface area (Å²) < 4.78 is 27.6. The van der Waals surface area contributed by atoms with Crippen molar-refractivity contribution in [1.29, 1.82) is 0 Å². The molecule has 7 heteroatoms. The average molecular weight is 294 g/mol. The zero-order valence-corrected chi connectivity index (χ0v) is 11.8. The molecule has 2 aromatic rings. The third-order valence-corrected chi connectivity index (χ3v) is 2.96. The number of benzene rings is 1. The molecule has 1 amide bonds. The van der Waals surface area contributed by atoms with Gasteiger partial charge in [-0.3, -0.25) is 9.89 Å². The molecule has 2 rings (SSSR count). The number of nitrogens with one attached hydrogen (secondary N) is 2. The lowest BCUT2D eigenvalue weighted by atomic mass is 10.1. The minimum Gasteiger partial charge on any atom is -0.381 e. The van der Waals surface area contributed by atoms with Crippen molar-refractivity contribution in [1.82, 2.24) is 15.1 Å². The van der Waals surface area contributed by atoms with E-state index in [0.717, 1.165) is 17.7 Å². The highest BCUT2D eigenvalue weighted by molar-refractivity contribution is 5.94. The molecule has 112 valence electrons. The van der Waals surface area contributed by atoms with Crippen LogP contribution in [0.5, 0.6) is 0 Å². The Bertz CT molecular complexity index is 605. The second-order valence-electron chi connectivity index (χ2n) is 4.61. The Morgan fingerprint density at radius 2 is 2.05 bits per heavy atom. The number of rotatable bonds is 5. The number of hydrogen-bond acceptors (Lipinski definition) is 3. The van der Waals surface area contributed by atoms with Crippen LogP contribution < -0.4 is 5.32 Å². The summed E-state index contributed by atoms with van der Waals surface area (Å²) in [4.78, 5) is 13.6. The van der Waals surface area contributed by atoms with Crippen LogP contribution in [-0.4, -0.2) is 34.6 Å². The topological polar surface area (TPSA) is 61.0 Å². The molecule has 0 fully saturated rings. The lowest BCUT2D eigenvalue weighted by Crippen LogP contribution is -2.26. The molecular formula is C14H16F2N4O. The first-order chi connectivity index (χ1) is 10.0. The van der Waals surface area contributed by atoms with Gasteiger partial charge in [-0.05, 0) is 19.1 Å². The quantitative estimate of drug-likeness (QED) is 0.890. The summed E-state index contributed by atoms with van der Waals surface area (Å²) in [5.74, 6) is -2.02. The van der Waals surface area contributed by atoms with Crippen molar-refractivity contribution >= 4 is 11.6 Å². The van der Waals surface area contributed by atoms with E-state index in [1.807, 2.05) is 0 Å². The Hall–Kier alpha value is -2.44. The van der Waals surface area contributed by atoms with E-state index >= 15 is 0 Å². The van der Waals surface area contributed by atoms with Crippen LogP contribution in [0.1, 0.15) is 22.8 Å². The number of carbonyl (C=O) groups is 1. The number of aromatic nitrogens is 2.